The number of nitrogens with zero attached hydrogens (tertiary/aromatic N) is 1. The van der Waals surface area contributed by atoms with E-state index < -0.39 is 24.0 Å². The van der Waals surface area contributed by atoms with Crippen molar-refractivity contribution in [2.45, 2.75) is 19.4 Å². The van der Waals surface area contributed by atoms with Crippen LogP contribution < -0.4 is 5.32 Å². The summed E-state index contributed by atoms with van der Waals surface area (Å²) in [6, 6.07) is 6.46. The highest BCUT2D eigenvalue weighted by atomic mass is 16.4. The van der Waals surface area contributed by atoms with Crippen LogP contribution in [0.25, 0.3) is 0 Å². The van der Waals surface area contributed by atoms with Crippen LogP contribution in [-0.4, -0.2) is 41.6 Å². The Morgan fingerprint density at radius 1 is 1.30 bits per heavy atom. The van der Waals surface area contributed by atoms with Crippen molar-refractivity contribution in [2.75, 3.05) is 6.54 Å². The van der Waals surface area contributed by atoms with Gasteiger partial charge in [-0.3, -0.25) is 14.6 Å². The Morgan fingerprint density at radius 2 is 1.90 bits per heavy atom. The topological polar surface area (TPSA) is 95.8 Å². The molecule has 106 valence electrons. The van der Waals surface area contributed by atoms with Crippen LogP contribution in [0, 0.1) is 0 Å². The number of aldehydes is 1. The fourth-order valence-corrected chi connectivity index (χ4v) is 1.25. The van der Waals surface area contributed by atoms with E-state index in [1.165, 1.54) is 0 Å². The molecule has 1 amide bonds. The lowest BCUT2D eigenvalue weighted by atomic mass is 10.1. The van der Waals surface area contributed by atoms with E-state index in [1.807, 2.05) is 0 Å². The molecule has 0 atom stereocenters. The van der Waals surface area contributed by atoms with Gasteiger partial charge in [-0.25, -0.2) is 0 Å². The van der Waals surface area contributed by atoms with Gasteiger partial charge in [-0.2, -0.15) is 0 Å². The quantitative estimate of drug-likeness (QED) is 0.596. The van der Waals surface area contributed by atoms with Crippen molar-refractivity contribution in [1.29, 1.82) is 0 Å². The number of benzene rings is 1. The van der Waals surface area contributed by atoms with Crippen LogP contribution in [0.4, 0.5) is 0 Å². The van der Waals surface area contributed by atoms with Gasteiger partial charge in [0.15, 0.2) is 0 Å². The molecule has 0 aliphatic carbocycles. The van der Waals surface area contributed by atoms with E-state index in [9.17, 15) is 14.4 Å². The normalized spacial score (nSPS) is 11.3. The number of carbonyl (C=O) groups is 3. The first-order valence-electron chi connectivity index (χ1n) is 5.96. The molecular weight excluding hydrogens is 260 g/mol. The number of carboxylic acids is 1. The number of hydrogen-bond donors (Lipinski definition) is 2. The standard InChI is InChI=1S/C14H16N2O4/c1-14(2,9-17)16-7-10-3-5-11(6-4-10)13(20)15-8-12(18)19/h3-7,9H,8H2,1-2H3,(H,15,20)(H,18,19)/b16-7-. The van der Waals surface area contributed by atoms with Crippen LogP contribution in [-0.2, 0) is 9.59 Å². The lowest BCUT2D eigenvalue weighted by Gasteiger charge is -2.09. The SMILES string of the molecule is CC(C)(C=O)/N=C\c1ccc(C(=O)NCC(=O)O)cc1. The van der Waals surface area contributed by atoms with E-state index in [2.05, 4.69) is 10.3 Å². The van der Waals surface area contributed by atoms with E-state index in [0.29, 0.717) is 5.56 Å². The summed E-state index contributed by atoms with van der Waals surface area (Å²) in [5.41, 5.74) is 0.324. The molecule has 0 radical (unpaired) electrons. The molecule has 1 aromatic carbocycles. The Morgan fingerprint density at radius 3 is 2.40 bits per heavy atom. The van der Waals surface area contributed by atoms with Crippen LogP contribution >= 0.6 is 0 Å². The molecule has 0 unspecified atom stereocenters. The molecule has 0 aliphatic rings. The van der Waals surface area contributed by atoms with E-state index in [4.69, 9.17) is 5.11 Å². The third-order valence-corrected chi connectivity index (χ3v) is 2.41. The highest BCUT2D eigenvalue weighted by Gasteiger charge is 2.12. The minimum absolute atomic E-state index is 0.359. The van der Waals surface area contributed by atoms with Gasteiger partial charge in [-0.1, -0.05) is 12.1 Å². The summed E-state index contributed by atoms with van der Waals surface area (Å²) in [5, 5.41) is 10.7. The van der Waals surface area contributed by atoms with Gasteiger partial charge in [0.25, 0.3) is 5.91 Å². The molecule has 0 aliphatic heterocycles. The Bertz CT molecular complexity index is 533. The summed E-state index contributed by atoms with van der Waals surface area (Å²) >= 11 is 0. The third-order valence-electron chi connectivity index (χ3n) is 2.41. The van der Waals surface area contributed by atoms with E-state index >= 15 is 0 Å². The van der Waals surface area contributed by atoms with Crippen molar-refractivity contribution < 1.29 is 19.5 Å². The zero-order valence-electron chi connectivity index (χ0n) is 11.3. The van der Waals surface area contributed by atoms with Crippen LogP contribution in [0.5, 0.6) is 0 Å². The van der Waals surface area contributed by atoms with E-state index in [1.54, 1.807) is 44.3 Å². The summed E-state index contributed by atoms with van der Waals surface area (Å²) in [7, 11) is 0. The molecule has 1 aromatic rings. The summed E-state index contributed by atoms with van der Waals surface area (Å²) in [4.78, 5) is 36.7. The molecule has 0 heterocycles. The second-order valence-electron chi connectivity index (χ2n) is 4.73. The number of nitrogens with one attached hydrogen (secondary N) is 1. The minimum atomic E-state index is -1.10. The maximum Gasteiger partial charge on any atom is 0.322 e. The van der Waals surface area contributed by atoms with Crippen LogP contribution in [0.15, 0.2) is 29.3 Å². The van der Waals surface area contributed by atoms with E-state index in [-0.39, 0.29) is 0 Å². The largest absolute Gasteiger partial charge is 0.480 e. The maximum atomic E-state index is 11.6. The van der Waals surface area contributed by atoms with Crippen molar-refractivity contribution in [1.82, 2.24) is 5.32 Å². The zero-order valence-corrected chi connectivity index (χ0v) is 11.3. The molecule has 0 bridgehead atoms. The molecule has 0 saturated carbocycles. The average molecular weight is 276 g/mol. The molecule has 6 nitrogen and oxygen atoms in total. The number of carbonyl (C=O) groups excluding carboxylic acids is 2. The zero-order chi connectivity index (χ0) is 15.2. The third kappa shape index (κ3) is 5.01. The Hall–Kier alpha value is -2.50. The van der Waals surface area contributed by atoms with Crippen molar-refractivity contribution in [2.24, 2.45) is 4.99 Å². The first-order valence-corrected chi connectivity index (χ1v) is 5.96. The second-order valence-corrected chi connectivity index (χ2v) is 4.73. The predicted octanol–water partition coefficient (Wildman–Crippen LogP) is 0.897. The number of aliphatic imine (C=N–C) groups is 1. The van der Waals surface area contributed by atoms with Gasteiger partial charge < -0.3 is 15.2 Å². The van der Waals surface area contributed by atoms with Crippen molar-refractivity contribution in [3.8, 4) is 0 Å². The fraction of sp³-hybridized carbons (Fsp3) is 0.286. The number of hydrogen-bond acceptors (Lipinski definition) is 4. The van der Waals surface area contributed by atoms with Gasteiger partial charge in [0.1, 0.15) is 18.4 Å². The predicted molar refractivity (Wildman–Crippen MR) is 74.1 cm³/mol. The van der Waals surface area contributed by atoms with E-state index in [0.717, 1.165) is 11.8 Å². The molecule has 1 rings (SSSR count). The number of amides is 1. The van der Waals surface area contributed by atoms with Crippen molar-refractivity contribution in [3.05, 3.63) is 35.4 Å². The number of aliphatic carboxylic acids is 1. The van der Waals surface area contributed by atoms with Gasteiger partial charge >= 0.3 is 5.97 Å². The molecule has 20 heavy (non-hydrogen) atoms. The number of carboxylic acid groups (broad SMARTS) is 1. The molecular formula is C14H16N2O4. The monoisotopic (exact) mass is 276 g/mol. The summed E-state index contributed by atoms with van der Waals surface area (Å²) in [6.45, 7) is 2.95. The Balaban J connectivity index is 2.71. The Kier molecular flexibility index (Phi) is 5.14. The van der Waals surface area contributed by atoms with Gasteiger partial charge in [-0.15, -0.1) is 0 Å². The lowest BCUT2D eigenvalue weighted by molar-refractivity contribution is -0.135. The molecule has 0 spiro atoms. The van der Waals surface area contributed by atoms with Gasteiger partial charge in [0.2, 0.25) is 0 Å². The number of rotatable bonds is 6. The van der Waals surface area contributed by atoms with Gasteiger partial charge in [0.05, 0.1) is 0 Å². The lowest BCUT2D eigenvalue weighted by Crippen LogP contribution is -2.29. The highest BCUT2D eigenvalue weighted by Crippen LogP contribution is 2.07. The highest BCUT2D eigenvalue weighted by molar-refractivity contribution is 5.96. The minimum Gasteiger partial charge on any atom is -0.480 e. The molecule has 0 fully saturated rings. The summed E-state index contributed by atoms with van der Waals surface area (Å²) in [5.74, 6) is -1.55. The summed E-state index contributed by atoms with van der Waals surface area (Å²) < 4.78 is 0. The molecule has 2 N–H and O–H groups in total. The van der Waals surface area contributed by atoms with Crippen molar-refractivity contribution in [3.63, 3.8) is 0 Å². The molecule has 6 heteroatoms. The van der Waals surface area contributed by atoms with Crippen LogP contribution in [0.1, 0.15) is 29.8 Å². The van der Waals surface area contributed by atoms with Crippen LogP contribution in [0.2, 0.25) is 0 Å². The van der Waals surface area contributed by atoms with Gasteiger partial charge in [-0.05, 0) is 31.5 Å². The first-order chi connectivity index (χ1) is 9.34. The maximum absolute atomic E-state index is 11.6. The molecule has 0 aromatic heterocycles. The van der Waals surface area contributed by atoms with Gasteiger partial charge in [0, 0.05) is 11.8 Å². The first kappa shape index (κ1) is 15.6. The average Bonchev–Trinajstić information content (AvgIpc) is 2.43. The smallest absolute Gasteiger partial charge is 0.322 e. The Labute approximate surface area is 116 Å². The second kappa shape index (κ2) is 6.60. The molecule has 0 saturated heterocycles. The van der Waals surface area contributed by atoms with Crippen LogP contribution in [0.3, 0.4) is 0 Å². The van der Waals surface area contributed by atoms with Crippen molar-refractivity contribution >= 4 is 24.4 Å². The summed E-state index contributed by atoms with van der Waals surface area (Å²) in [6.07, 6.45) is 2.30. The fourth-order valence-electron chi connectivity index (χ4n) is 1.25.